The van der Waals surface area contributed by atoms with Gasteiger partial charge in [-0.2, -0.15) is 0 Å². The Morgan fingerprint density at radius 3 is 2.54 bits per heavy atom. The molecule has 0 amide bonds. The smallest absolute Gasteiger partial charge is 0.0663 e. The van der Waals surface area contributed by atoms with Gasteiger partial charge in [-0.15, -0.1) is 6.42 Å². The van der Waals surface area contributed by atoms with Gasteiger partial charge in [-0.05, 0) is 19.8 Å². The number of rotatable bonds is 3. The Morgan fingerprint density at radius 2 is 2.08 bits per heavy atom. The van der Waals surface area contributed by atoms with Crippen LogP contribution in [0.2, 0.25) is 0 Å². The second-order valence-corrected chi connectivity index (χ2v) is 4.03. The molecule has 0 saturated heterocycles. The summed E-state index contributed by atoms with van der Waals surface area (Å²) >= 11 is 0. The van der Waals surface area contributed by atoms with E-state index in [1.807, 2.05) is 6.92 Å². The fraction of sp³-hybridized carbons (Fsp3) is 0.818. The highest BCUT2D eigenvalue weighted by Crippen LogP contribution is 2.27. The van der Waals surface area contributed by atoms with E-state index < -0.39 is 0 Å². The molecule has 0 aromatic carbocycles. The zero-order valence-electron chi connectivity index (χ0n) is 8.34. The van der Waals surface area contributed by atoms with Crippen molar-refractivity contribution in [1.82, 2.24) is 5.32 Å². The van der Waals surface area contributed by atoms with Gasteiger partial charge in [0.1, 0.15) is 0 Å². The maximum Gasteiger partial charge on any atom is 0.0663 e. The molecule has 0 aromatic rings. The van der Waals surface area contributed by atoms with Crippen molar-refractivity contribution in [2.45, 2.75) is 50.6 Å². The molecule has 1 rings (SSSR count). The molecule has 1 atom stereocenters. The molecular weight excluding hydrogens is 162 g/mol. The summed E-state index contributed by atoms with van der Waals surface area (Å²) in [5, 5.41) is 12.7. The van der Waals surface area contributed by atoms with Crippen LogP contribution in [0.25, 0.3) is 0 Å². The summed E-state index contributed by atoms with van der Waals surface area (Å²) in [6.45, 7) is 2.17. The minimum atomic E-state index is -0.0932. The number of aliphatic hydroxyl groups excluding tert-OH is 1. The van der Waals surface area contributed by atoms with Crippen molar-refractivity contribution in [1.29, 1.82) is 0 Å². The molecule has 0 bridgehead atoms. The van der Waals surface area contributed by atoms with Crippen molar-refractivity contribution in [3.63, 3.8) is 0 Å². The molecule has 0 aromatic heterocycles. The fourth-order valence-electron chi connectivity index (χ4n) is 2.08. The van der Waals surface area contributed by atoms with E-state index >= 15 is 0 Å². The van der Waals surface area contributed by atoms with Crippen molar-refractivity contribution in [2.75, 3.05) is 6.61 Å². The highest BCUT2D eigenvalue weighted by molar-refractivity contribution is 5.02. The van der Waals surface area contributed by atoms with Crippen molar-refractivity contribution in [3.8, 4) is 12.3 Å². The molecule has 1 fully saturated rings. The highest BCUT2D eigenvalue weighted by Gasteiger charge is 2.31. The first kappa shape index (κ1) is 10.6. The summed E-state index contributed by atoms with van der Waals surface area (Å²) in [5.41, 5.74) is -0.0932. The highest BCUT2D eigenvalue weighted by atomic mass is 16.3. The molecule has 1 saturated carbocycles. The molecule has 0 heterocycles. The lowest BCUT2D eigenvalue weighted by atomic mass is 9.82. The van der Waals surface area contributed by atoms with Gasteiger partial charge < -0.3 is 5.11 Å². The topological polar surface area (TPSA) is 32.3 Å². The Morgan fingerprint density at radius 1 is 1.46 bits per heavy atom. The lowest BCUT2D eigenvalue weighted by Crippen LogP contribution is -2.53. The Labute approximate surface area is 80.7 Å². The second-order valence-electron chi connectivity index (χ2n) is 4.03. The van der Waals surface area contributed by atoms with Gasteiger partial charge in [0.2, 0.25) is 0 Å². The van der Waals surface area contributed by atoms with Gasteiger partial charge >= 0.3 is 0 Å². The van der Waals surface area contributed by atoms with Gasteiger partial charge in [-0.1, -0.05) is 25.2 Å². The molecule has 0 spiro atoms. The Kier molecular flexibility index (Phi) is 3.77. The first-order chi connectivity index (χ1) is 6.22. The molecule has 2 heteroatoms. The molecular formula is C11H19NO. The van der Waals surface area contributed by atoms with E-state index in [1.165, 1.54) is 19.3 Å². The zero-order valence-corrected chi connectivity index (χ0v) is 8.34. The lowest BCUT2D eigenvalue weighted by molar-refractivity contribution is 0.117. The molecule has 74 valence electrons. The van der Waals surface area contributed by atoms with Crippen molar-refractivity contribution in [3.05, 3.63) is 0 Å². The third-order valence-corrected chi connectivity index (χ3v) is 2.89. The third kappa shape index (κ3) is 2.72. The SMILES string of the molecule is C#CC(C)NC1(CO)CCCCC1. The molecule has 2 N–H and O–H groups in total. The van der Waals surface area contributed by atoms with Crippen LogP contribution < -0.4 is 5.32 Å². The predicted octanol–water partition coefficient (Wildman–Crippen LogP) is 1.29. The minimum Gasteiger partial charge on any atom is -0.394 e. The van der Waals surface area contributed by atoms with Crippen LogP contribution in [0.5, 0.6) is 0 Å². The fourth-order valence-corrected chi connectivity index (χ4v) is 2.08. The number of nitrogens with one attached hydrogen (secondary N) is 1. The maximum absolute atomic E-state index is 9.35. The van der Waals surface area contributed by atoms with E-state index in [9.17, 15) is 5.11 Å². The van der Waals surface area contributed by atoms with Crippen LogP contribution in [0.1, 0.15) is 39.0 Å². The van der Waals surface area contributed by atoms with Crippen molar-refractivity contribution < 1.29 is 5.11 Å². The van der Waals surface area contributed by atoms with Crippen LogP contribution in [0.4, 0.5) is 0 Å². The molecule has 13 heavy (non-hydrogen) atoms. The summed E-state index contributed by atoms with van der Waals surface area (Å²) < 4.78 is 0. The van der Waals surface area contributed by atoms with Gasteiger partial charge in [0, 0.05) is 5.54 Å². The Balaban J connectivity index is 2.53. The standard InChI is InChI=1S/C11H19NO/c1-3-10(2)12-11(9-13)7-5-4-6-8-11/h1,10,12-13H,4-9H2,2H3. The summed E-state index contributed by atoms with van der Waals surface area (Å²) in [6.07, 6.45) is 11.1. The van der Waals surface area contributed by atoms with Crippen LogP contribution >= 0.6 is 0 Å². The van der Waals surface area contributed by atoms with E-state index in [1.54, 1.807) is 0 Å². The molecule has 0 aliphatic heterocycles. The second kappa shape index (κ2) is 4.64. The van der Waals surface area contributed by atoms with Crippen LogP contribution in [-0.4, -0.2) is 23.3 Å². The minimum absolute atomic E-state index is 0.0604. The number of hydrogen-bond acceptors (Lipinski definition) is 2. The largest absolute Gasteiger partial charge is 0.394 e. The van der Waals surface area contributed by atoms with Gasteiger partial charge in [0.05, 0.1) is 12.6 Å². The molecule has 1 unspecified atom stereocenters. The number of hydrogen-bond donors (Lipinski definition) is 2. The van der Waals surface area contributed by atoms with Crippen LogP contribution in [0.15, 0.2) is 0 Å². The quantitative estimate of drug-likeness (QED) is 0.643. The average Bonchev–Trinajstić information content (AvgIpc) is 2.19. The average molecular weight is 181 g/mol. The van der Waals surface area contributed by atoms with Crippen molar-refractivity contribution in [2.24, 2.45) is 0 Å². The summed E-state index contributed by atoms with van der Waals surface area (Å²) in [4.78, 5) is 0. The maximum atomic E-state index is 9.35. The van der Waals surface area contributed by atoms with Gasteiger partial charge in [-0.25, -0.2) is 0 Å². The van der Waals surface area contributed by atoms with Gasteiger partial charge in [0.15, 0.2) is 0 Å². The Hall–Kier alpha value is -0.520. The van der Waals surface area contributed by atoms with Gasteiger partial charge in [-0.3, -0.25) is 5.32 Å². The van der Waals surface area contributed by atoms with E-state index in [-0.39, 0.29) is 18.2 Å². The summed E-state index contributed by atoms with van der Waals surface area (Å²) in [5.74, 6) is 2.65. The summed E-state index contributed by atoms with van der Waals surface area (Å²) in [7, 11) is 0. The monoisotopic (exact) mass is 181 g/mol. The lowest BCUT2D eigenvalue weighted by Gasteiger charge is -2.37. The van der Waals surface area contributed by atoms with Crippen molar-refractivity contribution >= 4 is 0 Å². The van der Waals surface area contributed by atoms with Crippen LogP contribution in [-0.2, 0) is 0 Å². The van der Waals surface area contributed by atoms with Crippen LogP contribution in [0.3, 0.4) is 0 Å². The summed E-state index contributed by atoms with van der Waals surface area (Å²) in [6, 6.07) is 0.0604. The molecule has 2 nitrogen and oxygen atoms in total. The predicted molar refractivity (Wildman–Crippen MR) is 54.3 cm³/mol. The molecule has 0 radical (unpaired) electrons. The van der Waals surface area contributed by atoms with E-state index in [2.05, 4.69) is 11.2 Å². The first-order valence-corrected chi connectivity index (χ1v) is 5.07. The normalized spacial score (nSPS) is 23.5. The first-order valence-electron chi connectivity index (χ1n) is 5.07. The van der Waals surface area contributed by atoms with E-state index in [0.29, 0.717) is 0 Å². The Bertz CT molecular complexity index is 189. The number of terminal acetylenes is 1. The molecule has 1 aliphatic rings. The van der Waals surface area contributed by atoms with Crippen LogP contribution in [0, 0.1) is 12.3 Å². The number of aliphatic hydroxyl groups is 1. The van der Waals surface area contributed by atoms with E-state index in [4.69, 9.17) is 6.42 Å². The molecule has 1 aliphatic carbocycles. The zero-order chi connectivity index (χ0) is 9.73. The van der Waals surface area contributed by atoms with E-state index in [0.717, 1.165) is 12.8 Å². The third-order valence-electron chi connectivity index (χ3n) is 2.89. The van der Waals surface area contributed by atoms with Gasteiger partial charge in [0.25, 0.3) is 0 Å².